The van der Waals surface area contributed by atoms with Gasteiger partial charge in [0.2, 0.25) is 5.76 Å². The minimum absolute atomic E-state index is 0.0621. The van der Waals surface area contributed by atoms with Gasteiger partial charge in [0, 0.05) is 25.8 Å². The lowest BCUT2D eigenvalue weighted by atomic mass is 9.83. The first-order chi connectivity index (χ1) is 18.4. The lowest BCUT2D eigenvalue weighted by Crippen LogP contribution is -2.53. The number of hydrogen-bond donors (Lipinski definition) is 0. The Morgan fingerprint density at radius 3 is 2.39 bits per heavy atom. The zero-order valence-electron chi connectivity index (χ0n) is 21.6. The van der Waals surface area contributed by atoms with Gasteiger partial charge in [-0.05, 0) is 55.2 Å². The van der Waals surface area contributed by atoms with E-state index in [1.54, 1.807) is 24.1 Å². The first kappa shape index (κ1) is 24.1. The fourth-order valence-corrected chi connectivity index (χ4v) is 5.84. The van der Waals surface area contributed by atoms with Crippen molar-refractivity contribution in [3.63, 3.8) is 0 Å². The number of para-hydroxylation sites is 1. The van der Waals surface area contributed by atoms with Gasteiger partial charge in [0.1, 0.15) is 5.58 Å². The van der Waals surface area contributed by atoms with Gasteiger partial charge in [-0.15, -0.1) is 0 Å². The highest BCUT2D eigenvalue weighted by atomic mass is 16.5. The largest absolute Gasteiger partial charge is 0.450 e. The zero-order chi connectivity index (χ0) is 26.6. The second-order valence-corrected chi connectivity index (χ2v) is 9.98. The van der Waals surface area contributed by atoms with Gasteiger partial charge < -0.3 is 19.0 Å². The molecule has 1 aromatic heterocycles. The molecule has 0 saturated heterocycles. The molecule has 0 N–H and O–H groups in total. The number of carbonyl (C=O) groups is 2. The zero-order valence-corrected chi connectivity index (χ0v) is 21.6. The number of amides is 2. The molecule has 38 heavy (non-hydrogen) atoms. The lowest BCUT2D eigenvalue weighted by molar-refractivity contribution is -0.126. The molecule has 1 atom stereocenters. The summed E-state index contributed by atoms with van der Waals surface area (Å²) in [6, 6.07) is 20.7. The van der Waals surface area contributed by atoms with E-state index >= 15 is 0 Å². The molecule has 0 radical (unpaired) electrons. The Balaban J connectivity index is 1.64. The molecule has 0 aliphatic carbocycles. The molecule has 2 aliphatic rings. The number of methoxy groups -OCH3 is 1. The van der Waals surface area contributed by atoms with Crippen molar-refractivity contribution in [2.24, 2.45) is 0 Å². The van der Waals surface area contributed by atoms with Crippen molar-refractivity contribution in [1.29, 1.82) is 0 Å². The van der Waals surface area contributed by atoms with Crippen LogP contribution < -0.4 is 10.3 Å². The molecule has 192 valence electrons. The number of fused-ring (bicyclic) bond motifs is 5. The minimum atomic E-state index is -1.61. The summed E-state index contributed by atoms with van der Waals surface area (Å²) in [7, 11) is 1.59. The van der Waals surface area contributed by atoms with E-state index < -0.39 is 11.4 Å². The third kappa shape index (κ3) is 3.28. The third-order valence-electron chi connectivity index (χ3n) is 7.77. The second-order valence-electron chi connectivity index (χ2n) is 9.98. The van der Waals surface area contributed by atoms with E-state index in [9.17, 15) is 14.4 Å². The van der Waals surface area contributed by atoms with Gasteiger partial charge in [0.05, 0.1) is 23.2 Å². The molecule has 0 bridgehead atoms. The molecule has 0 saturated carbocycles. The standard InChI is InChI=1S/C31H28N2O5/c1-19-16-22-25(17-20(19)2)38-28-26(27(22)34)31(33(29(28)35)14-9-15-37-3)23-12-7-8-13-24(23)32(30(31)36)18-21-10-5-4-6-11-21/h4-8,10-13,16-17H,9,14-15,18H2,1-3H3. The van der Waals surface area contributed by atoms with Crippen LogP contribution in [0.5, 0.6) is 0 Å². The summed E-state index contributed by atoms with van der Waals surface area (Å²) in [6.07, 6.45) is 0.498. The van der Waals surface area contributed by atoms with Gasteiger partial charge in [0.25, 0.3) is 11.8 Å². The van der Waals surface area contributed by atoms with Gasteiger partial charge in [-0.25, -0.2) is 0 Å². The van der Waals surface area contributed by atoms with Crippen LogP contribution in [-0.2, 0) is 21.6 Å². The average molecular weight is 509 g/mol. The Labute approximate surface area is 220 Å². The van der Waals surface area contributed by atoms with Crippen molar-refractivity contribution >= 4 is 28.5 Å². The van der Waals surface area contributed by atoms with E-state index in [2.05, 4.69) is 0 Å². The van der Waals surface area contributed by atoms with Crippen molar-refractivity contribution in [1.82, 2.24) is 4.90 Å². The van der Waals surface area contributed by atoms with Gasteiger partial charge >= 0.3 is 0 Å². The number of anilines is 1. The van der Waals surface area contributed by atoms with Crippen LogP contribution in [0.2, 0.25) is 0 Å². The van der Waals surface area contributed by atoms with Gasteiger partial charge in [0.15, 0.2) is 11.0 Å². The van der Waals surface area contributed by atoms with Crippen molar-refractivity contribution in [2.75, 3.05) is 25.2 Å². The Hall–Kier alpha value is -4.23. The van der Waals surface area contributed by atoms with Crippen molar-refractivity contribution < 1.29 is 18.7 Å². The van der Waals surface area contributed by atoms with Crippen LogP contribution in [0.25, 0.3) is 11.0 Å². The Kier molecular flexibility index (Phi) is 5.69. The van der Waals surface area contributed by atoms with Crippen LogP contribution in [0.3, 0.4) is 0 Å². The Bertz CT molecular complexity index is 1660. The quantitative estimate of drug-likeness (QED) is 0.353. The van der Waals surface area contributed by atoms with E-state index in [-0.39, 0.29) is 29.2 Å². The highest BCUT2D eigenvalue weighted by Crippen LogP contribution is 2.53. The van der Waals surface area contributed by atoms with Crippen LogP contribution in [0.1, 0.15) is 44.8 Å². The summed E-state index contributed by atoms with van der Waals surface area (Å²) in [4.78, 5) is 46.1. The fourth-order valence-electron chi connectivity index (χ4n) is 5.84. The number of hydrogen-bond acceptors (Lipinski definition) is 5. The first-order valence-electron chi connectivity index (χ1n) is 12.7. The molecule has 1 unspecified atom stereocenters. The van der Waals surface area contributed by atoms with Crippen LogP contribution in [0.4, 0.5) is 5.69 Å². The van der Waals surface area contributed by atoms with E-state index in [1.165, 1.54) is 4.90 Å². The van der Waals surface area contributed by atoms with Crippen molar-refractivity contribution in [2.45, 2.75) is 32.4 Å². The Morgan fingerprint density at radius 2 is 1.63 bits per heavy atom. The molecule has 1 spiro atoms. The molecule has 7 heteroatoms. The normalized spacial score (nSPS) is 18.1. The maximum Gasteiger partial charge on any atom is 0.291 e. The van der Waals surface area contributed by atoms with Crippen LogP contribution in [0, 0.1) is 13.8 Å². The molecule has 7 nitrogen and oxygen atoms in total. The molecule has 2 aliphatic heterocycles. The maximum atomic E-state index is 14.7. The van der Waals surface area contributed by atoms with Crippen LogP contribution in [0.15, 0.2) is 75.9 Å². The number of rotatable bonds is 6. The molecule has 4 aromatic rings. The second kappa shape index (κ2) is 8.96. The summed E-state index contributed by atoms with van der Waals surface area (Å²) >= 11 is 0. The SMILES string of the molecule is COCCCN1C(=O)c2oc3cc(C)c(C)cc3c(=O)c2C12C(=O)N(Cc1ccccc1)c1ccccc12. The van der Waals surface area contributed by atoms with E-state index in [0.29, 0.717) is 41.8 Å². The smallest absolute Gasteiger partial charge is 0.291 e. The highest BCUT2D eigenvalue weighted by molar-refractivity contribution is 6.17. The number of carbonyl (C=O) groups excluding carboxylic acids is 2. The van der Waals surface area contributed by atoms with Gasteiger partial charge in [-0.3, -0.25) is 14.4 Å². The van der Waals surface area contributed by atoms with Crippen molar-refractivity contribution in [3.8, 4) is 0 Å². The summed E-state index contributed by atoms with van der Waals surface area (Å²) < 4.78 is 11.4. The molecular weight excluding hydrogens is 480 g/mol. The molecular formula is C31H28N2O5. The summed E-state index contributed by atoms with van der Waals surface area (Å²) in [5.74, 6) is -0.853. The Morgan fingerprint density at radius 1 is 0.921 bits per heavy atom. The predicted octanol–water partition coefficient (Wildman–Crippen LogP) is 4.69. The molecule has 2 amide bonds. The summed E-state index contributed by atoms with van der Waals surface area (Å²) in [6.45, 7) is 4.80. The topological polar surface area (TPSA) is 80.1 Å². The average Bonchev–Trinajstić information content (AvgIpc) is 3.31. The van der Waals surface area contributed by atoms with E-state index in [1.807, 2.05) is 68.4 Å². The van der Waals surface area contributed by atoms with Crippen LogP contribution >= 0.6 is 0 Å². The maximum absolute atomic E-state index is 14.7. The number of benzene rings is 3. The first-order valence-corrected chi connectivity index (χ1v) is 12.7. The predicted molar refractivity (Wildman–Crippen MR) is 144 cm³/mol. The molecule has 3 aromatic carbocycles. The molecule has 6 rings (SSSR count). The number of ether oxygens (including phenoxy) is 1. The molecule has 3 heterocycles. The minimum Gasteiger partial charge on any atom is -0.450 e. The van der Waals surface area contributed by atoms with Crippen LogP contribution in [-0.4, -0.2) is 37.0 Å². The van der Waals surface area contributed by atoms with Gasteiger partial charge in [-0.1, -0.05) is 48.5 Å². The monoisotopic (exact) mass is 508 g/mol. The fraction of sp³-hybridized carbons (Fsp3) is 0.258. The van der Waals surface area contributed by atoms with Crippen molar-refractivity contribution in [3.05, 3.63) is 111 Å². The van der Waals surface area contributed by atoms with E-state index in [0.717, 1.165) is 16.7 Å². The van der Waals surface area contributed by atoms with Gasteiger partial charge in [-0.2, -0.15) is 0 Å². The number of aryl methyl sites for hydroxylation is 2. The lowest BCUT2D eigenvalue weighted by Gasteiger charge is -2.34. The number of nitrogens with zero attached hydrogens (tertiary/aromatic N) is 2. The molecule has 0 fully saturated rings. The highest BCUT2D eigenvalue weighted by Gasteiger charge is 2.64. The van der Waals surface area contributed by atoms with E-state index in [4.69, 9.17) is 9.15 Å². The summed E-state index contributed by atoms with van der Waals surface area (Å²) in [5, 5.41) is 0.365. The third-order valence-corrected chi connectivity index (χ3v) is 7.77. The summed E-state index contributed by atoms with van der Waals surface area (Å²) in [5.41, 5.74) is 2.61.